The summed E-state index contributed by atoms with van der Waals surface area (Å²) < 4.78 is 5.76. The van der Waals surface area contributed by atoms with Crippen LogP contribution in [0.15, 0.2) is 97.1 Å². The summed E-state index contributed by atoms with van der Waals surface area (Å²) in [4.78, 5) is 12.5. The van der Waals surface area contributed by atoms with Crippen molar-refractivity contribution >= 4 is 16.7 Å². The lowest BCUT2D eigenvalue weighted by Crippen LogP contribution is -2.22. The van der Waals surface area contributed by atoms with E-state index in [0.717, 1.165) is 16.7 Å². The summed E-state index contributed by atoms with van der Waals surface area (Å²) >= 11 is 0. The monoisotopic (exact) mass is 353 g/mol. The maximum Gasteiger partial charge on any atom is 0.251 e. The van der Waals surface area contributed by atoms with Gasteiger partial charge in [-0.25, -0.2) is 0 Å². The molecule has 0 aromatic heterocycles. The summed E-state index contributed by atoms with van der Waals surface area (Å²) in [5.74, 6) is 1.37. The van der Waals surface area contributed by atoms with Gasteiger partial charge in [-0.05, 0) is 52.7 Å². The molecule has 4 aromatic carbocycles. The van der Waals surface area contributed by atoms with Gasteiger partial charge in [-0.2, -0.15) is 0 Å². The van der Waals surface area contributed by atoms with E-state index in [2.05, 4.69) is 23.5 Å². The second kappa shape index (κ2) is 7.75. The third-order valence-corrected chi connectivity index (χ3v) is 4.41. The van der Waals surface area contributed by atoms with Gasteiger partial charge in [0, 0.05) is 12.1 Å². The molecule has 3 heteroatoms. The van der Waals surface area contributed by atoms with Crippen LogP contribution in [0.2, 0.25) is 0 Å². The number of amides is 1. The van der Waals surface area contributed by atoms with Gasteiger partial charge in [-0.3, -0.25) is 4.79 Å². The Morgan fingerprint density at radius 3 is 2.19 bits per heavy atom. The number of nitrogens with one attached hydrogen (secondary N) is 1. The first kappa shape index (κ1) is 16.9. The smallest absolute Gasteiger partial charge is 0.251 e. The van der Waals surface area contributed by atoms with Gasteiger partial charge in [-0.1, -0.05) is 60.7 Å². The van der Waals surface area contributed by atoms with E-state index in [9.17, 15) is 4.79 Å². The molecule has 4 rings (SSSR count). The Morgan fingerprint density at radius 1 is 0.704 bits per heavy atom. The van der Waals surface area contributed by atoms with Gasteiger partial charge in [-0.15, -0.1) is 0 Å². The molecule has 0 saturated heterocycles. The van der Waals surface area contributed by atoms with Crippen molar-refractivity contribution < 1.29 is 9.53 Å². The molecule has 0 aliphatic rings. The van der Waals surface area contributed by atoms with E-state index in [0.29, 0.717) is 17.9 Å². The van der Waals surface area contributed by atoms with Crippen LogP contribution in [0.1, 0.15) is 15.9 Å². The van der Waals surface area contributed by atoms with Crippen molar-refractivity contribution in [2.45, 2.75) is 6.54 Å². The van der Waals surface area contributed by atoms with Crippen molar-refractivity contribution in [3.63, 3.8) is 0 Å². The summed E-state index contributed by atoms with van der Waals surface area (Å²) in [5.41, 5.74) is 1.71. The number of hydrogen-bond acceptors (Lipinski definition) is 2. The minimum Gasteiger partial charge on any atom is -0.457 e. The highest BCUT2D eigenvalue weighted by molar-refractivity contribution is 5.94. The Morgan fingerprint density at radius 2 is 1.37 bits per heavy atom. The molecule has 1 N–H and O–H groups in total. The summed E-state index contributed by atoms with van der Waals surface area (Å²) in [6.07, 6.45) is 0. The molecule has 0 spiro atoms. The summed E-state index contributed by atoms with van der Waals surface area (Å²) in [6.45, 7) is 0.489. The molecule has 0 unspecified atom stereocenters. The molecule has 0 aliphatic heterocycles. The second-order valence-corrected chi connectivity index (χ2v) is 6.26. The van der Waals surface area contributed by atoms with Crippen LogP contribution < -0.4 is 10.1 Å². The number of hydrogen-bond donors (Lipinski definition) is 1. The number of para-hydroxylation sites is 1. The maximum absolute atomic E-state index is 12.5. The van der Waals surface area contributed by atoms with Gasteiger partial charge in [0.2, 0.25) is 0 Å². The molecule has 0 heterocycles. The lowest BCUT2D eigenvalue weighted by atomic mass is 10.0. The van der Waals surface area contributed by atoms with Crippen molar-refractivity contribution in [3.05, 3.63) is 108 Å². The first-order valence-electron chi connectivity index (χ1n) is 8.87. The van der Waals surface area contributed by atoms with Crippen LogP contribution in [0.4, 0.5) is 0 Å². The molecule has 1 amide bonds. The SMILES string of the molecule is O=C(NCc1cccc2ccccc12)c1ccc(Oc2ccccc2)cc1. The van der Waals surface area contributed by atoms with Crippen molar-refractivity contribution in [1.29, 1.82) is 0 Å². The second-order valence-electron chi connectivity index (χ2n) is 6.26. The van der Waals surface area contributed by atoms with E-state index in [1.54, 1.807) is 24.3 Å². The van der Waals surface area contributed by atoms with Crippen molar-refractivity contribution in [2.75, 3.05) is 0 Å². The van der Waals surface area contributed by atoms with Crippen molar-refractivity contribution in [3.8, 4) is 11.5 Å². The van der Waals surface area contributed by atoms with Gasteiger partial charge in [0.1, 0.15) is 11.5 Å². The molecule has 4 aromatic rings. The van der Waals surface area contributed by atoms with E-state index in [-0.39, 0.29) is 5.91 Å². The molecule has 0 fully saturated rings. The molecule has 0 bridgehead atoms. The van der Waals surface area contributed by atoms with Crippen LogP contribution in [-0.4, -0.2) is 5.91 Å². The Hall–Kier alpha value is -3.59. The fourth-order valence-corrected chi connectivity index (χ4v) is 3.02. The number of carbonyl (C=O) groups excluding carboxylic acids is 1. The molecule has 0 saturated carbocycles. The van der Waals surface area contributed by atoms with E-state index < -0.39 is 0 Å². The quantitative estimate of drug-likeness (QED) is 0.510. The average Bonchev–Trinajstić information content (AvgIpc) is 2.73. The molecule has 3 nitrogen and oxygen atoms in total. The van der Waals surface area contributed by atoms with Crippen molar-refractivity contribution in [2.24, 2.45) is 0 Å². The largest absolute Gasteiger partial charge is 0.457 e. The zero-order valence-corrected chi connectivity index (χ0v) is 14.8. The predicted molar refractivity (Wildman–Crippen MR) is 108 cm³/mol. The predicted octanol–water partition coefficient (Wildman–Crippen LogP) is 5.56. The number of rotatable bonds is 5. The first-order valence-corrected chi connectivity index (χ1v) is 8.87. The Labute approximate surface area is 158 Å². The topological polar surface area (TPSA) is 38.3 Å². The van der Waals surface area contributed by atoms with Crippen LogP contribution in [0.3, 0.4) is 0 Å². The van der Waals surface area contributed by atoms with Gasteiger partial charge in [0.25, 0.3) is 5.91 Å². The fraction of sp³-hybridized carbons (Fsp3) is 0.0417. The van der Waals surface area contributed by atoms with Crippen LogP contribution >= 0.6 is 0 Å². The molecular weight excluding hydrogens is 334 g/mol. The van der Waals surface area contributed by atoms with Gasteiger partial charge >= 0.3 is 0 Å². The average molecular weight is 353 g/mol. The summed E-state index contributed by atoms with van der Waals surface area (Å²) in [5, 5.41) is 5.33. The van der Waals surface area contributed by atoms with E-state index in [1.165, 1.54) is 5.39 Å². The minimum absolute atomic E-state index is 0.103. The number of benzene rings is 4. The highest BCUT2D eigenvalue weighted by Crippen LogP contribution is 2.21. The van der Waals surface area contributed by atoms with E-state index in [1.807, 2.05) is 54.6 Å². The molecule has 132 valence electrons. The fourth-order valence-electron chi connectivity index (χ4n) is 3.02. The standard InChI is InChI=1S/C24H19NO2/c26-24(25-17-20-9-6-8-18-7-4-5-12-23(18)20)19-13-15-22(16-14-19)27-21-10-2-1-3-11-21/h1-16H,17H2,(H,25,26). The van der Waals surface area contributed by atoms with Gasteiger partial charge in [0.05, 0.1) is 0 Å². The Balaban J connectivity index is 1.42. The maximum atomic E-state index is 12.5. The van der Waals surface area contributed by atoms with E-state index >= 15 is 0 Å². The number of ether oxygens (including phenoxy) is 1. The summed E-state index contributed by atoms with van der Waals surface area (Å²) in [6, 6.07) is 31.0. The number of carbonyl (C=O) groups is 1. The zero-order chi connectivity index (χ0) is 18.5. The van der Waals surface area contributed by atoms with Gasteiger partial charge < -0.3 is 10.1 Å². The molecule has 27 heavy (non-hydrogen) atoms. The molecule has 0 aliphatic carbocycles. The minimum atomic E-state index is -0.103. The van der Waals surface area contributed by atoms with Gasteiger partial charge in [0.15, 0.2) is 0 Å². The Bertz CT molecular complexity index is 1050. The third kappa shape index (κ3) is 3.98. The molecule has 0 radical (unpaired) electrons. The van der Waals surface area contributed by atoms with Crippen LogP contribution in [0.25, 0.3) is 10.8 Å². The Kier molecular flexibility index (Phi) is 4.84. The molecule has 0 atom stereocenters. The van der Waals surface area contributed by atoms with Crippen LogP contribution in [-0.2, 0) is 6.54 Å². The van der Waals surface area contributed by atoms with Crippen molar-refractivity contribution in [1.82, 2.24) is 5.32 Å². The normalized spacial score (nSPS) is 10.5. The van der Waals surface area contributed by atoms with Crippen LogP contribution in [0.5, 0.6) is 11.5 Å². The highest BCUT2D eigenvalue weighted by atomic mass is 16.5. The zero-order valence-electron chi connectivity index (χ0n) is 14.8. The van der Waals surface area contributed by atoms with E-state index in [4.69, 9.17) is 4.74 Å². The highest BCUT2D eigenvalue weighted by Gasteiger charge is 2.07. The van der Waals surface area contributed by atoms with Crippen LogP contribution in [0, 0.1) is 0 Å². The first-order chi connectivity index (χ1) is 13.3. The summed E-state index contributed by atoms with van der Waals surface area (Å²) in [7, 11) is 0. The number of fused-ring (bicyclic) bond motifs is 1. The lowest BCUT2D eigenvalue weighted by Gasteiger charge is -2.09. The molecular formula is C24H19NO2. The lowest BCUT2D eigenvalue weighted by molar-refractivity contribution is 0.0951. The third-order valence-electron chi connectivity index (χ3n) is 4.41.